The predicted molar refractivity (Wildman–Crippen MR) is 133 cm³/mol. The Labute approximate surface area is 198 Å². The van der Waals surface area contributed by atoms with E-state index in [1.165, 1.54) is 0 Å². The highest BCUT2D eigenvalue weighted by atomic mass is 19.1. The fourth-order valence-corrected chi connectivity index (χ4v) is 4.68. The van der Waals surface area contributed by atoms with Crippen molar-refractivity contribution in [2.45, 2.75) is 6.54 Å². The summed E-state index contributed by atoms with van der Waals surface area (Å²) >= 11 is 0. The largest absolute Gasteiger partial charge is 0.507 e. The van der Waals surface area contributed by atoms with Gasteiger partial charge < -0.3 is 26.0 Å². The molecule has 2 aliphatic rings. The number of hydrogen-bond acceptors (Lipinski definition) is 8. The van der Waals surface area contributed by atoms with Gasteiger partial charge >= 0.3 is 0 Å². The average Bonchev–Trinajstić information content (AvgIpc) is 2.86. The third-order valence-corrected chi connectivity index (χ3v) is 6.57. The summed E-state index contributed by atoms with van der Waals surface area (Å²) in [4.78, 5) is 6.62. The quantitative estimate of drug-likeness (QED) is 0.531. The highest BCUT2D eigenvalue weighted by Gasteiger charge is 2.22. The van der Waals surface area contributed by atoms with Crippen molar-refractivity contribution in [3.63, 3.8) is 0 Å². The van der Waals surface area contributed by atoms with Gasteiger partial charge in [-0.3, -0.25) is 4.90 Å². The van der Waals surface area contributed by atoms with E-state index in [-0.39, 0.29) is 11.6 Å². The molecule has 4 N–H and O–H groups in total. The van der Waals surface area contributed by atoms with Crippen molar-refractivity contribution >= 4 is 17.2 Å². The van der Waals surface area contributed by atoms with Crippen molar-refractivity contribution < 1.29 is 9.50 Å². The van der Waals surface area contributed by atoms with Crippen LogP contribution in [0.15, 0.2) is 48.5 Å². The molecule has 0 atom stereocenters. The smallest absolute Gasteiger partial charge is 0.169 e. The van der Waals surface area contributed by atoms with Crippen molar-refractivity contribution in [2.24, 2.45) is 0 Å². The van der Waals surface area contributed by atoms with Crippen LogP contribution in [0.2, 0.25) is 0 Å². The maximum Gasteiger partial charge on any atom is 0.169 e. The Morgan fingerprint density at radius 2 is 1.62 bits per heavy atom. The number of piperazine rings is 2. The van der Waals surface area contributed by atoms with E-state index in [0.717, 1.165) is 63.6 Å². The number of phenols is 1. The average molecular weight is 464 g/mol. The molecule has 9 heteroatoms. The third kappa shape index (κ3) is 4.76. The lowest BCUT2D eigenvalue weighted by atomic mass is 10.1. The number of aromatic hydroxyl groups is 1. The van der Waals surface area contributed by atoms with Gasteiger partial charge in [-0.2, -0.15) is 0 Å². The summed E-state index contributed by atoms with van der Waals surface area (Å²) in [6.07, 6.45) is 0. The minimum Gasteiger partial charge on any atom is -0.507 e. The normalized spacial score (nSPS) is 17.2. The topological polar surface area (TPSA) is 93.8 Å². The van der Waals surface area contributed by atoms with Crippen LogP contribution in [0.25, 0.3) is 11.3 Å². The van der Waals surface area contributed by atoms with E-state index < -0.39 is 0 Å². The first-order valence-electron chi connectivity index (χ1n) is 11.7. The monoisotopic (exact) mass is 463 g/mol. The molecular formula is C25H30FN7O. The number of nitrogens with one attached hydrogen (secondary N) is 1. The SMILES string of the molecule is Nc1nnc(-c2ccccc2O)cc1N1CCN(Cc2ccc(N3CCNCC3)c(F)c2)CC1. The molecule has 2 fully saturated rings. The molecule has 2 aliphatic heterocycles. The fourth-order valence-electron chi connectivity index (χ4n) is 4.68. The number of nitrogen functional groups attached to an aromatic ring is 1. The third-order valence-electron chi connectivity index (χ3n) is 6.57. The molecule has 0 radical (unpaired) electrons. The van der Waals surface area contributed by atoms with Crippen LogP contribution in [0.4, 0.5) is 21.6 Å². The van der Waals surface area contributed by atoms with Crippen molar-refractivity contribution in [3.05, 3.63) is 59.9 Å². The molecule has 178 valence electrons. The molecule has 1 aromatic heterocycles. The van der Waals surface area contributed by atoms with Crippen molar-refractivity contribution in [1.82, 2.24) is 20.4 Å². The lowest BCUT2D eigenvalue weighted by Crippen LogP contribution is -2.46. The molecule has 2 saturated heterocycles. The summed E-state index contributed by atoms with van der Waals surface area (Å²) < 4.78 is 14.8. The van der Waals surface area contributed by atoms with E-state index in [1.807, 2.05) is 30.3 Å². The van der Waals surface area contributed by atoms with E-state index in [1.54, 1.807) is 18.2 Å². The van der Waals surface area contributed by atoms with Gasteiger partial charge in [-0.05, 0) is 35.9 Å². The molecule has 5 rings (SSSR count). The zero-order valence-corrected chi connectivity index (χ0v) is 19.1. The number of aromatic nitrogens is 2. The molecule has 8 nitrogen and oxygen atoms in total. The summed E-state index contributed by atoms with van der Waals surface area (Å²) in [5.41, 5.74) is 9.85. The Bertz CT molecular complexity index is 1140. The summed E-state index contributed by atoms with van der Waals surface area (Å²) in [7, 11) is 0. The lowest BCUT2D eigenvalue weighted by molar-refractivity contribution is 0.249. The zero-order valence-electron chi connectivity index (χ0n) is 19.1. The molecule has 3 heterocycles. The van der Waals surface area contributed by atoms with Crippen LogP contribution in [0.1, 0.15) is 5.56 Å². The Morgan fingerprint density at radius 1 is 0.882 bits per heavy atom. The Hall–Kier alpha value is -3.43. The van der Waals surface area contributed by atoms with E-state index in [0.29, 0.717) is 29.3 Å². The van der Waals surface area contributed by atoms with Crippen LogP contribution in [0.3, 0.4) is 0 Å². The maximum atomic E-state index is 14.8. The van der Waals surface area contributed by atoms with Crippen molar-refractivity contribution in [2.75, 3.05) is 67.9 Å². The Kier molecular flexibility index (Phi) is 6.46. The van der Waals surface area contributed by atoms with Crippen LogP contribution in [0.5, 0.6) is 5.75 Å². The first-order chi connectivity index (χ1) is 16.6. The van der Waals surface area contributed by atoms with Crippen molar-refractivity contribution in [3.8, 4) is 17.0 Å². The summed E-state index contributed by atoms with van der Waals surface area (Å²) in [6, 6.07) is 14.6. The minimum absolute atomic E-state index is 0.148. The van der Waals surface area contributed by atoms with Gasteiger partial charge in [0.2, 0.25) is 0 Å². The molecule has 0 saturated carbocycles. The van der Waals surface area contributed by atoms with Gasteiger partial charge in [0.1, 0.15) is 11.6 Å². The van der Waals surface area contributed by atoms with Gasteiger partial charge in [-0.1, -0.05) is 18.2 Å². The van der Waals surface area contributed by atoms with Gasteiger partial charge in [0, 0.05) is 64.5 Å². The standard InChI is InChI=1S/C25H30FN7O/c26-20-15-18(5-6-22(20)32-9-7-28-8-10-32)17-31-11-13-33(14-12-31)23-16-21(29-30-25(23)27)19-3-1-2-4-24(19)34/h1-6,15-16,28,34H,7-14,17H2,(H2,27,30). The van der Waals surface area contributed by atoms with Crippen molar-refractivity contribution in [1.29, 1.82) is 0 Å². The predicted octanol–water partition coefficient (Wildman–Crippen LogP) is 2.30. The Morgan fingerprint density at radius 3 is 2.35 bits per heavy atom. The number of halogens is 1. The highest BCUT2D eigenvalue weighted by molar-refractivity contribution is 5.74. The second-order valence-corrected chi connectivity index (χ2v) is 8.80. The van der Waals surface area contributed by atoms with E-state index in [9.17, 15) is 9.50 Å². The number of anilines is 3. The molecule has 3 aromatic rings. The number of hydrogen-bond donors (Lipinski definition) is 3. The van der Waals surface area contributed by atoms with Gasteiger partial charge in [0.25, 0.3) is 0 Å². The second-order valence-electron chi connectivity index (χ2n) is 8.80. The minimum atomic E-state index is -0.148. The van der Waals surface area contributed by atoms with Crippen LogP contribution >= 0.6 is 0 Å². The second kappa shape index (κ2) is 9.82. The molecule has 0 amide bonds. The van der Waals surface area contributed by atoms with E-state index in [4.69, 9.17) is 5.73 Å². The Balaban J connectivity index is 1.23. The molecule has 34 heavy (non-hydrogen) atoms. The van der Waals surface area contributed by atoms with Gasteiger partial charge in [-0.15, -0.1) is 10.2 Å². The molecule has 0 unspecified atom stereocenters. The summed E-state index contributed by atoms with van der Waals surface area (Å²) in [5, 5.41) is 21.8. The first-order valence-corrected chi connectivity index (χ1v) is 11.7. The molecule has 0 bridgehead atoms. The summed E-state index contributed by atoms with van der Waals surface area (Å²) in [6.45, 7) is 7.35. The number of nitrogens with two attached hydrogens (primary N) is 1. The van der Waals surface area contributed by atoms with Crippen LogP contribution in [-0.4, -0.2) is 72.6 Å². The number of para-hydroxylation sites is 1. The first kappa shape index (κ1) is 22.4. The number of rotatable bonds is 5. The lowest BCUT2D eigenvalue weighted by Gasteiger charge is -2.36. The van der Waals surface area contributed by atoms with Gasteiger partial charge in [0.15, 0.2) is 5.82 Å². The zero-order chi connectivity index (χ0) is 23.5. The van der Waals surface area contributed by atoms with Crippen LogP contribution in [-0.2, 0) is 6.54 Å². The van der Waals surface area contributed by atoms with E-state index in [2.05, 4.69) is 30.2 Å². The summed E-state index contributed by atoms with van der Waals surface area (Å²) in [5.74, 6) is 0.385. The molecular weight excluding hydrogens is 433 g/mol. The number of benzene rings is 2. The van der Waals surface area contributed by atoms with Crippen LogP contribution < -0.4 is 20.9 Å². The van der Waals surface area contributed by atoms with Crippen LogP contribution in [0, 0.1) is 5.82 Å². The maximum absolute atomic E-state index is 14.8. The number of phenolic OH excluding ortho intramolecular Hbond substituents is 1. The molecule has 2 aromatic carbocycles. The number of nitrogens with zero attached hydrogens (tertiary/aromatic N) is 5. The van der Waals surface area contributed by atoms with E-state index >= 15 is 0 Å². The van der Waals surface area contributed by atoms with Gasteiger partial charge in [-0.25, -0.2) is 4.39 Å². The highest BCUT2D eigenvalue weighted by Crippen LogP contribution is 2.31. The molecule has 0 spiro atoms. The van der Waals surface area contributed by atoms with Gasteiger partial charge in [0.05, 0.1) is 17.1 Å². The fraction of sp³-hybridized carbons (Fsp3) is 0.360. The molecule has 0 aliphatic carbocycles.